The number of hydrogen-bond acceptors (Lipinski definition) is 2. The fraction of sp³-hybridized carbons (Fsp3) is 0.154. The molecule has 0 aliphatic heterocycles. The molecule has 0 saturated heterocycles. The van der Waals surface area contributed by atoms with Gasteiger partial charge in [0.25, 0.3) is 0 Å². The van der Waals surface area contributed by atoms with Crippen LogP contribution in [0.3, 0.4) is 0 Å². The van der Waals surface area contributed by atoms with E-state index in [1.54, 1.807) is 6.20 Å². The molecule has 3 heteroatoms. The summed E-state index contributed by atoms with van der Waals surface area (Å²) in [5.74, 6) is 0.873. The van der Waals surface area contributed by atoms with Gasteiger partial charge in [0, 0.05) is 16.2 Å². The maximum absolute atomic E-state index is 5.46. The maximum Gasteiger partial charge on any atom is 0.119 e. The van der Waals surface area contributed by atoms with E-state index in [0.29, 0.717) is 6.61 Å². The van der Waals surface area contributed by atoms with Gasteiger partial charge in [0.05, 0.1) is 12.3 Å². The average Bonchev–Trinajstić information content (AvgIpc) is 2.30. The number of ether oxygens (including phenoxy) is 1. The van der Waals surface area contributed by atoms with Crippen molar-refractivity contribution >= 4 is 15.9 Å². The normalized spacial score (nSPS) is 10.1. The number of halogens is 1. The van der Waals surface area contributed by atoms with Crippen LogP contribution in [0.5, 0.6) is 5.75 Å². The molecule has 2 rings (SSSR count). The smallest absolute Gasteiger partial charge is 0.119 e. The minimum absolute atomic E-state index is 0.673. The number of aromatic nitrogens is 1. The summed E-state index contributed by atoms with van der Waals surface area (Å²) in [7, 11) is 0. The van der Waals surface area contributed by atoms with Crippen LogP contribution in [0, 0.1) is 0 Å². The summed E-state index contributed by atoms with van der Waals surface area (Å²) in [6.45, 7) is 2.65. The van der Waals surface area contributed by atoms with Gasteiger partial charge >= 0.3 is 0 Å². The zero-order valence-electron chi connectivity index (χ0n) is 8.98. The van der Waals surface area contributed by atoms with Gasteiger partial charge in [-0.25, -0.2) is 0 Å². The number of rotatable bonds is 3. The topological polar surface area (TPSA) is 22.1 Å². The molecule has 0 radical (unpaired) electrons. The minimum Gasteiger partial charge on any atom is -0.494 e. The minimum atomic E-state index is 0.673. The highest BCUT2D eigenvalue weighted by Gasteiger charge is 2.04. The molecule has 0 saturated carbocycles. The van der Waals surface area contributed by atoms with E-state index >= 15 is 0 Å². The standard InChI is InChI=1S/C13H12BrNO/c1-2-16-11-6-3-5-10(9-11)13-12(14)7-4-8-15-13/h3-9H,2H2,1H3. The van der Waals surface area contributed by atoms with Crippen LogP contribution < -0.4 is 4.74 Å². The Labute approximate surface area is 103 Å². The molecule has 82 valence electrons. The highest BCUT2D eigenvalue weighted by molar-refractivity contribution is 9.10. The van der Waals surface area contributed by atoms with Crippen molar-refractivity contribution in [2.24, 2.45) is 0 Å². The van der Waals surface area contributed by atoms with E-state index in [1.165, 1.54) is 0 Å². The second-order valence-electron chi connectivity index (χ2n) is 3.29. The summed E-state index contributed by atoms with van der Waals surface area (Å²) in [4.78, 5) is 4.35. The Balaban J connectivity index is 2.40. The highest BCUT2D eigenvalue weighted by atomic mass is 79.9. The van der Waals surface area contributed by atoms with Gasteiger partial charge in [-0.15, -0.1) is 0 Å². The first kappa shape index (κ1) is 11.1. The van der Waals surface area contributed by atoms with Crippen LogP contribution >= 0.6 is 15.9 Å². The first-order valence-electron chi connectivity index (χ1n) is 5.15. The van der Waals surface area contributed by atoms with E-state index in [2.05, 4.69) is 20.9 Å². The summed E-state index contributed by atoms with van der Waals surface area (Å²) in [6.07, 6.45) is 1.79. The highest BCUT2D eigenvalue weighted by Crippen LogP contribution is 2.28. The van der Waals surface area contributed by atoms with Crippen LogP contribution in [0.2, 0.25) is 0 Å². The third-order valence-corrected chi connectivity index (χ3v) is 2.82. The van der Waals surface area contributed by atoms with Crippen LogP contribution in [0.1, 0.15) is 6.92 Å². The van der Waals surface area contributed by atoms with Crippen LogP contribution in [0.4, 0.5) is 0 Å². The van der Waals surface area contributed by atoms with Gasteiger partial charge in [-0.3, -0.25) is 4.98 Å². The molecule has 0 spiro atoms. The quantitative estimate of drug-likeness (QED) is 0.849. The lowest BCUT2D eigenvalue weighted by molar-refractivity contribution is 0.340. The van der Waals surface area contributed by atoms with E-state index in [4.69, 9.17) is 4.74 Å². The summed E-state index contributed by atoms with van der Waals surface area (Å²) < 4.78 is 6.45. The van der Waals surface area contributed by atoms with Crippen LogP contribution in [-0.4, -0.2) is 11.6 Å². The Morgan fingerprint density at radius 2 is 2.12 bits per heavy atom. The summed E-state index contributed by atoms with van der Waals surface area (Å²) in [6, 6.07) is 11.8. The maximum atomic E-state index is 5.46. The number of nitrogens with zero attached hydrogens (tertiary/aromatic N) is 1. The second-order valence-corrected chi connectivity index (χ2v) is 4.15. The number of pyridine rings is 1. The molecule has 0 amide bonds. The molecule has 0 bridgehead atoms. The van der Waals surface area contributed by atoms with Gasteiger partial charge in [0.15, 0.2) is 0 Å². The lowest BCUT2D eigenvalue weighted by atomic mass is 10.1. The van der Waals surface area contributed by atoms with Crippen molar-refractivity contribution in [3.8, 4) is 17.0 Å². The van der Waals surface area contributed by atoms with E-state index in [1.807, 2.05) is 43.3 Å². The predicted molar refractivity (Wildman–Crippen MR) is 68.5 cm³/mol. The van der Waals surface area contributed by atoms with Gasteiger partial charge in [-0.05, 0) is 47.1 Å². The SMILES string of the molecule is CCOc1cccc(-c2ncccc2Br)c1. The largest absolute Gasteiger partial charge is 0.494 e. The van der Waals surface area contributed by atoms with E-state index in [9.17, 15) is 0 Å². The van der Waals surface area contributed by atoms with Crippen molar-refractivity contribution in [2.75, 3.05) is 6.61 Å². The van der Waals surface area contributed by atoms with Crippen molar-refractivity contribution < 1.29 is 4.74 Å². The zero-order chi connectivity index (χ0) is 11.4. The summed E-state index contributed by atoms with van der Waals surface area (Å²) in [5, 5.41) is 0. The van der Waals surface area contributed by atoms with E-state index in [0.717, 1.165) is 21.5 Å². The van der Waals surface area contributed by atoms with Crippen molar-refractivity contribution in [1.29, 1.82) is 0 Å². The summed E-state index contributed by atoms with van der Waals surface area (Å²) in [5.41, 5.74) is 1.99. The molecule has 0 aliphatic carbocycles. The van der Waals surface area contributed by atoms with Gasteiger partial charge in [-0.1, -0.05) is 12.1 Å². The lowest BCUT2D eigenvalue weighted by Crippen LogP contribution is -1.92. The molecule has 0 atom stereocenters. The fourth-order valence-electron chi connectivity index (χ4n) is 1.50. The van der Waals surface area contributed by atoms with Crippen LogP contribution in [0.25, 0.3) is 11.3 Å². The molecule has 0 N–H and O–H groups in total. The fourth-order valence-corrected chi connectivity index (χ4v) is 1.98. The Kier molecular flexibility index (Phi) is 3.57. The van der Waals surface area contributed by atoms with Crippen LogP contribution in [0.15, 0.2) is 47.1 Å². The molecule has 1 aromatic heterocycles. The average molecular weight is 278 g/mol. The number of hydrogen-bond donors (Lipinski definition) is 0. The van der Waals surface area contributed by atoms with Crippen molar-refractivity contribution in [1.82, 2.24) is 4.98 Å². The third-order valence-electron chi connectivity index (χ3n) is 2.18. The van der Waals surface area contributed by atoms with Crippen molar-refractivity contribution in [3.63, 3.8) is 0 Å². The van der Waals surface area contributed by atoms with Gasteiger partial charge in [0.1, 0.15) is 5.75 Å². The first-order valence-corrected chi connectivity index (χ1v) is 5.94. The van der Waals surface area contributed by atoms with Gasteiger partial charge < -0.3 is 4.74 Å². The molecule has 0 unspecified atom stereocenters. The zero-order valence-corrected chi connectivity index (χ0v) is 10.6. The Morgan fingerprint density at radius 1 is 1.25 bits per heavy atom. The Bertz CT molecular complexity index is 485. The van der Waals surface area contributed by atoms with Crippen molar-refractivity contribution in [3.05, 3.63) is 47.1 Å². The Hall–Kier alpha value is -1.35. The lowest BCUT2D eigenvalue weighted by Gasteiger charge is -2.06. The molecule has 2 aromatic rings. The van der Waals surface area contributed by atoms with E-state index < -0.39 is 0 Å². The first-order chi connectivity index (χ1) is 7.81. The summed E-state index contributed by atoms with van der Waals surface area (Å²) >= 11 is 3.49. The monoisotopic (exact) mass is 277 g/mol. The van der Waals surface area contributed by atoms with E-state index in [-0.39, 0.29) is 0 Å². The predicted octanol–water partition coefficient (Wildman–Crippen LogP) is 3.91. The molecule has 1 heterocycles. The third kappa shape index (κ3) is 2.42. The second kappa shape index (κ2) is 5.12. The molecular formula is C13H12BrNO. The molecule has 0 fully saturated rings. The van der Waals surface area contributed by atoms with Crippen molar-refractivity contribution in [2.45, 2.75) is 6.92 Å². The number of benzene rings is 1. The van der Waals surface area contributed by atoms with Crippen LogP contribution in [-0.2, 0) is 0 Å². The Morgan fingerprint density at radius 3 is 2.88 bits per heavy atom. The molecule has 1 aromatic carbocycles. The molecule has 0 aliphatic rings. The molecule has 2 nitrogen and oxygen atoms in total. The van der Waals surface area contributed by atoms with Gasteiger partial charge in [0.2, 0.25) is 0 Å². The molecular weight excluding hydrogens is 266 g/mol. The van der Waals surface area contributed by atoms with Gasteiger partial charge in [-0.2, -0.15) is 0 Å². The molecule has 16 heavy (non-hydrogen) atoms.